The Morgan fingerprint density at radius 3 is 2.76 bits per heavy atom. The number of nitrogens with zero attached hydrogens (tertiary/aromatic N) is 3. The number of fused-ring (bicyclic) bond motifs is 1. The van der Waals surface area contributed by atoms with Crippen molar-refractivity contribution in [1.82, 2.24) is 9.97 Å². The molecule has 4 aromatic rings. The maximum atomic E-state index is 14.2. The summed E-state index contributed by atoms with van der Waals surface area (Å²) in [6, 6.07) is 14.7. The molecule has 1 amide bonds. The van der Waals surface area contributed by atoms with Gasteiger partial charge in [-0.15, -0.1) is 0 Å². The molecule has 0 aliphatic carbocycles. The zero-order chi connectivity index (χ0) is 20.4. The highest BCUT2D eigenvalue weighted by molar-refractivity contribution is 7.22. The summed E-state index contributed by atoms with van der Waals surface area (Å²) in [4.78, 5) is 23.5. The molecule has 2 aromatic carbocycles. The molecule has 4 rings (SSSR count). The minimum atomic E-state index is -0.381. The van der Waals surface area contributed by atoms with Gasteiger partial charge in [0.15, 0.2) is 5.13 Å². The number of anilines is 1. The fourth-order valence-corrected chi connectivity index (χ4v) is 4.20. The predicted octanol–water partition coefficient (Wildman–Crippen LogP) is 5.22. The van der Waals surface area contributed by atoms with Crippen molar-refractivity contribution in [3.8, 4) is 0 Å². The Hall–Kier alpha value is -3.12. The second-order valence-corrected chi connectivity index (χ2v) is 8.04. The smallest absolute Gasteiger partial charge is 0.233 e. The Kier molecular flexibility index (Phi) is 5.36. The maximum absolute atomic E-state index is 14.2. The van der Waals surface area contributed by atoms with Gasteiger partial charge in [0.05, 0.1) is 17.7 Å². The van der Waals surface area contributed by atoms with E-state index in [1.807, 2.05) is 50.2 Å². The summed E-state index contributed by atoms with van der Waals surface area (Å²) in [6.45, 7) is 4.34. The van der Waals surface area contributed by atoms with Crippen molar-refractivity contribution in [3.63, 3.8) is 0 Å². The lowest BCUT2D eigenvalue weighted by molar-refractivity contribution is -0.118. The van der Waals surface area contributed by atoms with E-state index >= 15 is 0 Å². The lowest BCUT2D eigenvalue weighted by Gasteiger charge is -2.20. The van der Waals surface area contributed by atoms with Gasteiger partial charge in [0.2, 0.25) is 5.91 Å². The highest BCUT2D eigenvalue weighted by Gasteiger charge is 2.22. The third-order valence-electron chi connectivity index (χ3n) is 4.80. The van der Waals surface area contributed by atoms with E-state index in [0.29, 0.717) is 17.2 Å². The Morgan fingerprint density at radius 1 is 1.14 bits per heavy atom. The summed E-state index contributed by atoms with van der Waals surface area (Å²) in [5.41, 5.74) is 4.35. The number of halogens is 1. The molecule has 0 saturated heterocycles. The topological polar surface area (TPSA) is 46.1 Å². The highest BCUT2D eigenvalue weighted by Crippen LogP contribution is 2.31. The lowest BCUT2D eigenvalue weighted by atomic mass is 10.0. The summed E-state index contributed by atoms with van der Waals surface area (Å²) in [5, 5.41) is 0.490. The molecule has 0 saturated carbocycles. The number of carbonyl (C=O) groups is 1. The van der Waals surface area contributed by atoms with Gasteiger partial charge >= 0.3 is 0 Å². The minimum absolute atomic E-state index is 0.0815. The molecule has 0 bridgehead atoms. The van der Waals surface area contributed by atoms with Gasteiger partial charge in [0.1, 0.15) is 11.3 Å². The lowest BCUT2D eigenvalue weighted by Crippen LogP contribution is -2.32. The number of amides is 1. The highest BCUT2D eigenvalue weighted by atomic mass is 32.1. The number of rotatable bonds is 5. The molecule has 0 spiro atoms. The molecule has 4 nitrogen and oxygen atoms in total. The second-order valence-electron chi connectivity index (χ2n) is 7.03. The van der Waals surface area contributed by atoms with Crippen molar-refractivity contribution in [1.29, 1.82) is 0 Å². The van der Waals surface area contributed by atoms with Crippen LogP contribution in [-0.4, -0.2) is 15.9 Å². The summed E-state index contributed by atoms with van der Waals surface area (Å²) < 4.78 is 14.9. The van der Waals surface area contributed by atoms with Crippen molar-refractivity contribution < 1.29 is 9.18 Å². The summed E-state index contributed by atoms with van der Waals surface area (Å²) >= 11 is 1.32. The van der Waals surface area contributed by atoms with Gasteiger partial charge < -0.3 is 0 Å². The Labute approximate surface area is 172 Å². The van der Waals surface area contributed by atoms with E-state index < -0.39 is 0 Å². The fourth-order valence-electron chi connectivity index (χ4n) is 3.20. The molecular weight excluding hydrogens is 385 g/mol. The van der Waals surface area contributed by atoms with Crippen molar-refractivity contribution in [2.24, 2.45) is 0 Å². The molecule has 0 aliphatic rings. The predicted molar refractivity (Wildman–Crippen MR) is 115 cm³/mol. The van der Waals surface area contributed by atoms with Gasteiger partial charge in [0.25, 0.3) is 0 Å². The van der Waals surface area contributed by atoms with Crippen LogP contribution in [0.1, 0.15) is 22.3 Å². The van der Waals surface area contributed by atoms with Gasteiger partial charge in [0, 0.05) is 12.4 Å². The van der Waals surface area contributed by atoms with E-state index in [1.54, 1.807) is 23.4 Å². The molecular formula is C23H20FN3OS. The summed E-state index contributed by atoms with van der Waals surface area (Å²) in [5.74, 6) is -0.463. The third-order valence-corrected chi connectivity index (χ3v) is 5.84. The Balaban J connectivity index is 1.72. The zero-order valence-corrected chi connectivity index (χ0v) is 17.0. The van der Waals surface area contributed by atoms with E-state index in [1.165, 1.54) is 17.4 Å². The molecule has 6 heteroatoms. The van der Waals surface area contributed by atoms with Crippen molar-refractivity contribution in [3.05, 3.63) is 89.0 Å². The van der Waals surface area contributed by atoms with Crippen LogP contribution in [0.4, 0.5) is 9.52 Å². The third kappa shape index (κ3) is 4.17. The minimum Gasteiger partial charge on any atom is -0.283 e. The average molecular weight is 405 g/mol. The molecule has 0 N–H and O–H groups in total. The fraction of sp³-hybridized carbons (Fsp3) is 0.174. The maximum Gasteiger partial charge on any atom is 0.233 e. The number of carbonyl (C=O) groups excluding carboxylic acids is 1. The number of pyridine rings is 1. The number of hydrogen-bond acceptors (Lipinski definition) is 4. The zero-order valence-electron chi connectivity index (χ0n) is 16.2. The van der Waals surface area contributed by atoms with E-state index in [-0.39, 0.29) is 18.1 Å². The Morgan fingerprint density at radius 2 is 2.00 bits per heavy atom. The van der Waals surface area contributed by atoms with Crippen LogP contribution in [0.3, 0.4) is 0 Å². The first-order chi connectivity index (χ1) is 14.0. The van der Waals surface area contributed by atoms with Crippen LogP contribution in [0.2, 0.25) is 0 Å². The molecule has 0 aliphatic heterocycles. The number of benzene rings is 2. The molecule has 146 valence electrons. The molecule has 0 radical (unpaired) electrons. The van der Waals surface area contributed by atoms with Crippen LogP contribution in [-0.2, 0) is 17.8 Å². The molecule has 2 heterocycles. The molecule has 0 fully saturated rings. The first-order valence-electron chi connectivity index (χ1n) is 9.32. The van der Waals surface area contributed by atoms with Gasteiger partial charge in [-0.3, -0.25) is 14.7 Å². The monoisotopic (exact) mass is 405 g/mol. The second kappa shape index (κ2) is 8.09. The van der Waals surface area contributed by atoms with E-state index in [0.717, 1.165) is 27.0 Å². The number of thiazole rings is 1. The van der Waals surface area contributed by atoms with Gasteiger partial charge in [-0.05, 0) is 48.7 Å². The van der Waals surface area contributed by atoms with Gasteiger partial charge in [-0.2, -0.15) is 0 Å². The Bertz CT molecular complexity index is 1170. The van der Waals surface area contributed by atoms with E-state index in [9.17, 15) is 9.18 Å². The average Bonchev–Trinajstić information content (AvgIpc) is 3.15. The SMILES string of the molecule is Cc1ccc(C)c(CC(=O)N(Cc2cccnc2)c2nc3c(F)cccc3s2)c1. The quantitative estimate of drug-likeness (QED) is 0.457. The van der Waals surface area contributed by atoms with Crippen LogP contribution in [0.15, 0.2) is 60.9 Å². The van der Waals surface area contributed by atoms with Gasteiger partial charge in [-0.25, -0.2) is 9.37 Å². The van der Waals surface area contributed by atoms with Crippen LogP contribution in [0.25, 0.3) is 10.2 Å². The number of aryl methyl sites for hydroxylation is 2. The number of hydrogen-bond donors (Lipinski definition) is 0. The first-order valence-corrected chi connectivity index (χ1v) is 10.1. The molecule has 0 unspecified atom stereocenters. The summed E-state index contributed by atoms with van der Waals surface area (Å²) in [6.07, 6.45) is 3.68. The largest absolute Gasteiger partial charge is 0.283 e. The molecule has 2 aromatic heterocycles. The first kappa shape index (κ1) is 19.2. The number of aromatic nitrogens is 2. The standard InChI is InChI=1S/C23H20FN3OS/c1-15-8-9-16(2)18(11-15)12-21(28)27(14-17-5-4-10-25-13-17)23-26-22-19(24)6-3-7-20(22)29-23/h3-11,13H,12,14H2,1-2H3. The van der Waals surface area contributed by atoms with Crippen LogP contribution >= 0.6 is 11.3 Å². The molecule has 29 heavy (non-hydrogen) atoms. The van der Waals surface area contributed by atoms with Crippen LogP contribution in [0, 0.1) is 19.7 Å². The van der Waals surface area contributed by atoms with E-state index in [2.05, 4.69) is 9.97 Å². The molecule has 0 atom stereocenters. The number of para-hydroxylation sites is 1. The van der Waals surface area contributed by atoms with Gasteiger partial charge in [-0.1, -0.05) is 47.2 Å². The normalized spacial score (nSPS) is 11.0. The summed E-state index contributed by atoms with van der Waals surface area (Å²) in [7, 11) is 0. The van der Waals surface area contributed by atoms with Crippen molar-refractivity contribution in [2.75, 3.05) is 4.90 Å². The van der Waals surface area contributed by atoms with Crippen molar-refractivity contribution >= 4 is 32.6 Å². The van der Waals surface area contributed by atoms with Crippen LogP contribution < -0.4 is 4.90 Å². The van der Waals surface area contributed by atoms with Crippen molar-refractivity contribution in [2.45, 2.75) is 26.8 Å². The van der Waals surface area contributed by atoms with E-state index in [4.69, 9.17) is 0 Å². The van der Waals surface area contributed by atoms with Crippen LogP contribution in [0.5, 0.6) is 0 Å².